The number of benzene rings is 1. The van der Waals surface area contributed by atoms with Crippen molar-refractivity contribution in [3.63, 3.8) is 0 Å². The van der Waals surface area contributed by atoms with Crippen LogP contribution in [0.3, 0.4) is 0 Å². The van der Waals surface area contributed by atoms with Crippen LogP contribution in [-0.2, 0) is 11.2 Å². The second-order valence-corrected chi connectivity index (χ2v) is 5.16. The minimum absolute atomic E-state index is 0.282. The number of carbonyl (C=O) groups is 1. The monoisotopic (exact) mass is 260 g/mol. The highest BCUT2D eigenvalue weighted by Gasteiger charge is 2.14. The van der Waals surface area contributed by atoms with E-state index in [0.29, 0.717) is 4.88 Å². The van der Waals surface area contributed by atoms with Gasteiger partial charge in [0.05, 0.1) is 13.7 Å². The molecule has 3 nitrogen and oxygen atoms in total. The number of carbonyl (C=O) groups excluding carboxylic acids is 1. The zero-order chi connectivity index (χ0) is 12.5. The fourth-order valence-corrected chi connectivity index (χ4v) is 2.96. The van der Waals surface area contributed by atoms with Crippen LogP contribution < -0.4 is 4.74 Å². The van der Waals surface area contributed by atoms with Gasteiger partial charge in [-0.25, -0.2) is 4.79 Å². The molecule has 0 fully saturated rings. The Balaban J connectivity index is 1.95. The third-order valence-corrected chi connectivity index (χ3v) is 4.08. The lowest BCUT2D eigenvalue weighted by Crippen LogP contribution is -1.96. The number of ether oxygens (including phenoxy) is 2. The van der Waals surface area contributed by atoms with Gasteiger partial charge in [-0.05, 0) is 41.5 Å². The summed E-state index contributed by atoms with van der Waals surface area (Å²) >= 11 is 1.45. The second kappa shape index (κ2) is 4.46. The van der Waals surface area contributed by atoms with Gasteiger partial charge in [-0.15, -0.1) is 11.3 Å². The Hall–Kier alpha value is -1.81. The van der Waals surface area contributed by atoms with Crippen molar-refractivity contribution in [3.05, 3.63) is 40.8 Å². The average molecular weight is 260 g/mol. The zero-order valence-electron chi connectivity index (χ0n) is 9.93. The van der Waals surface area contributed by atoms with E-state index in [1.165, 1.54) is 24.0 Å². The largest absolute Gasteiger partial charge is 0.493 e. The summed E-state index contributed by atoms with van der Waals surface area (Å²) in [6.45, 7) is 0.761. The zero-order valence-corrected chi connectivity index (χ0v) is 10.8. The molecule has 1 aliphatic rings. The predicted molar refractivity (Wildman–Crippen MR) is 70.3 cm³/mol. The molecule has 2 heterocycles. The topological polar surface area (TPSA) is 35.5 Å². The standard InChI is InChI=1S/C14H12O3S/c1-16-14(15)13-5-4-12(18-13)10-2-3-11-9(8-10)6-7-17-11/h2-5,8H,6-7H2,1H3. The molecule has 0 unspecified atom stereocenters. The van der Waals surface area contributed by atoms with E-state index in [0.717, 1.165) is 29.2 Å². The van der Waals surface area contributed by atoms with Crippen molar-refractivity contribution in [1.29, 1.82) is 0 Å². The van der Waals surface area contributed by atoms with Crippen LogP contribution in [0.1, 0.15) is 15.2 Å². The Morgan fingerprint density at radius 2 is 2.22 bits per heavy atom. The normalized spacial score (nSPS) is 12.9. The summed E-state index contributed by atoms with van der Waals surface area (Å²) in [6.07, 6.45) is 0.957. The fourth-order valence-electron chi connectivity index (χ4n) is 2.04. The van der Waals surface area contributed by atoms with Crippen LogP contribution in [0.25, 0.3) is 10.4 Å². The lowest BCUT2D eigenvalue weighted by atomic mass is 10.1. The number of thiophene rings is 1. The molecule has 4 heteroatoms. The molecule has 0 saturated carbocycles. The summed E-state index contributed by atoms with van der Waals surface area (Å²) in [5.41, 5.74) is 2.36. The first-order valence-electron chi connectivity index (χ1n) is 5.72. The molecule has 0 saturated heterocycles. The van der Waals surface area contributed by atoms with Gasteiger partial charge >= 0.3 is 5.97 Å². The number of rotatable bonds is 2. The van der Waals surface area contributed by atoms with E-state index in [2.05, 4.69) is 6.07 Å². The molecule has 0 aliphatic carbocycles. The molecular weight excluding hydrogens is 248 g/mol. The molecule has 18 heavy (non-hydrogen) atoms. The molecule has 3 rings (SSSR count). The molecule has 1 aromatic carbocycles. The van der Waals surface area contributed by atoms with Crippen molar-refractivity contribution < 1.29 is 14.3 Å². The molecule has 0 radical (unpaired) electrons. The van der Waals surface area contributed by atoms with Crippen LogP contribution >= 0.6 is 11.3 Å². The number of hydrogen-bond donors (Lipinski definition) is 0. The molecule has 0 bridgehead atoms. The first-order chi connectivity index (χ1) is 8.78. The van der Waals surface area contributed by atoms with Crippen molar-refractivity contribution in [3.8, 4) is 16.2 Å². The average Bonchev–Trinajstić information content (AvgIpc) is 3.05. The molecule has 1 aliphatic heterocycles. The fraction of sp³-hybridized carbons (Fsp3) is 0.214. The van der Waals surface area contributed by atoms with Crippen molar-refractivity contribution in [2.45, 2.75) is 6.42 Å². The number of esters is 1. The predicted octanol–water partition coefficient (Wildman–Crippen LogP) is 3.14. The van der Waals surface area contributed by atoms with Gasteiger partial charge in [0, 0.05) is 11.3 Å². The Kier molecular flexibility index (Phi) is 2.80. The lowest BCUT2D eigenvalue weighted by Gasteiger charge is -2.01. The maximum Gasteiger partial charge on any atom is 0.348 e. The number of methoxy groups -OCH3 is 1. The van der Waals surface area contributed by atoms with Crippen molar-refractivity contribution in [1.82, 2.24) is 0 Å². The summed E-state index contributed by atoms with van der Waals surface area (Å²) in [7, 11) is 1.40. The smallest absolute Gasteiger partial charge is 0.348 e. The van der Waals surface area contributed by atoms with Crippen LogP contribution in [0, 0.1) is 0 Å². The number of hydrogen-bond acceptors (Lipinski definition) is 4. The maximum atomic E-state index is 11.4. The highest BCUT2D eigenvalue weighted by molar-refractivity contribution is 7.17. The SMILES string of the molecule is COC(=O)c1ccc(-c2ccc3c(c2)CCO3)s1. The second-order valence-electron chi connectivity index (χ2n) is 4.08. The van der Waals surface area contributed by atoms with E-state index in [-0.39, 0.29) is 5.97 Å². The van der Waals surface area contributed by atoms with Crippen molar-refractivity contribution in [2.75, 3.05) is 13.7 Å². The van der Waals surface area contributed by atoms with Crippen LogP contribution in [-0.4, -0.2) is 19.7 Å². The summed E-state index contributed by atoms with van der Waals surface area (Å²) in [5.74, 6) is 0.694. The molecule has 2 aromatic rings. The van der Waals surface area contributed by atoms with Gasteiger partial charge in [0.25, 0.3) is 0 Å². The molecule has 92 valence electrons. The first-order valence-corrected chi connectivity index (χ1v) is 6.54. The van der Waals surface area contributed by atoms with E-state index in [1.807, 2.05) is 18.2 Å². The summed E-state index contributed by atoms with van der Waals surface area (Å²) in [4.78, 5) is 13.1. The van der Waals surface area contributed by atoms with Gasteiger partial charge in [-0.2, -0.15) is 0 Å². The van der Waals surface area contributed by atoms with Crippen LogP contribution in [0.15, 0.2) is 30.3 Å². The Bertz CT molecular complexity index is 601. The number of fused-ring (bicyclic) bond motifs is 1. The summed E-state index contributed by atoms with van der Waals surface area (Å²) in [6, 6.07) is 9.91. The first kappa shape index (κ1) is 11.3. The molecule has 0 spiro atoms. The van der Waals surface area contributed by atoms with Crippen molar-refractivity contribution >= 4 is 17.3 Å². The Morgan fingerprint density at radius 1 is 1.33 bits per heavy atom. The van der Waals surface area contributed by atoms with Gasteiger partial charge in [0.1, 0.15) is 10.6 Å². The van der Waals surface area contributed by atoms with E-state index < -0.39 is 0 Å². The summed E-state index contributed by atoms with van der Waals surface area (Å²) < 4.78 is 10.2. The van der Waals surface area contributed by atoms with Gasteiger partial charge in [0.15, 0.2) is 0 Å². The molecule has 0 atom stereocenters. The lowest BCUT2D eigenvalue weighted by molar-refractivity contribution is 0.0606. The van der Waals surface area contributed by atoms with Gasteiger partial charge in [0.2, 0.25) is 0 Å². The van der Waals surface area contributed by atoms with E-state index >= 15 is 0 Å². The van der Waals surface area contributed by atoms with Crippen LogP contribution in [0.5, 0.6) is 5.75 Å². The highest BCUT2D eigenvalue weighted by Crippen LogP contribution is 2.33. The molecule has 0 amide bonds. The Morgan fingerprint density at radius 3 is 3.06 bits per heavy atom. The quantitative estimate of drug-likeness (QED) is 0.778. The third kappa shape index (κ3) is 1.88. The van der Waals surface area contributed by atoms with E-state index in [9.17, 15) is 4.79 Å². The van der Waals surface area contributed by atoms with Crippen LogP contribution in [0.2, 0.25) is 0 Å². The maximum absolute atomic E-state index is 11.4. The Labute approximate surface area is 109 Å². The van der Waals surface area contributed by atoms with Gasteiger partial charge in [-0.1, -0.05) is 0 Å². The van der Waals surface area contributed by atoms with E-state index in [4.69, 9.17) is 9.47 Å². The van der Waals surface area contributed by atoms with E-state index in [1.54, 1.807) is 6.07 Å². The minimum atomic E-state index is -0.282. The molecule has 0 N–H and O–H groups in total. The summed E-state index contributed by atoms with van der Waals surface area (Å²) in [5, 5.41) is 0. The molecule has 1 aromatic heterocycles. The van der Waals surface area contributed by atoms with Crippen LogP contribution in [0.4, 0.5) is 0 Å². The third-order valence-electron chi connectivity index (χ3n) is 2.97. The highest BCUT2D eigenvalue weighted by atomic mass is 32.1. The minimum Gasteiger partial charge on any atom is -0.493 e. The molecular formula is C14H12O3S. The van der Waals surface area contributed by atoms with Gasteiger partial charge in [-0.3, -0.25) is 0 Å². The van der Waals surface area contributed by atoms with Crippen molar-refractivity contribution in [2.24, 2.45) is 0 Å². The van der Waals surface area contributed by atoms with Gasteiger partial charge < -0.3 is 9.47 Å².